The van der Waals surface area contributed by atoms with Crippen molar-refractivity contribution < 1.29 is 9.66 Å². The van der Waals surface area contributed by atoms with E-state index >= 15 is 0 Å². The summed E-state index contributed by atoms with van der Waals surface area (Å²) in [6.45, 7) is 3.74. The molecular formula is C10H13ClN2O3. The van der Waals surface area contributed by atoms with Crippen LogP contribution in [0.4, 0.5) is 5.69 Å². The Hall–Kier alpha value is -1.33. The Bertz CT molecular complexity index is 402. The van der Waals surface area contributed by atoms with Crippen LogP contribution in [-0.4, -0.2) is 17.1 Å². The van der Waals surface area contributed by atoms with Gasteiger partial charge in [0.15, 0.2) is 5.75 Å². The second-order valence-electron chi connectivity index (χ2n) is 4.15. The molecule has 5 nitrogen and oxygen atoms in total. The van der Waals surface area contributed by atoms with Gasteiger partial charge >= 0.3 is 5.69 Å². The number of halogens is 1. The van der Waals surface area contributed by atoms with Crippen LogP contribution in [0.25, 0.3) is 0 Å². The third kappa shape index (κ3) is 3.67. The lowest BCUT2D eigenvalue weighted by molar-refractivity contribution is -0.385. The Morgan fingerprint density at radius 2 is 2.19 bits per heavy atom. The van der Waals surface area contributed by atoms with Crippen LogP contribution in [-0.2, 0) is 0 Å². The van der Waals surface area contributed by atoms with Gasteiger partial charge in [-0.2, -0.15) is 0 Å². The molecule has 0 aliphatic carbocycles. The summed E-state index contributed by atoms with van der Waals surface area (Å²) in [4.78, 5) is 10.2. The van der Waals surface area contributed by atoms with Gasteiger partial charge in [0.2, 0.25) is 0 Å². The molecule has 0 bridgehead atoms. The third-order valence-electron chi connectivity index (χ3n) is 1.72. The molecule has 1 aromatic carbocycles. The zero-order chi connectivity index (χ0) is 12.3. The van der Waals surface area contributed by atoms with E-state index in [-0.39, 0.29) is 18.0 Å². The highest BCUT2D eigenvalue weighted by Gasteiger charge is 2.18. The molecule has 16 heavy (non-hydrogen) atoms. The molecule has 0 aromatic heterocycles. The Labute approximate surface area is 98.3 Å². The number of nitro benzene ring substituents is 1. The van der Waals surface area contributed by atoms with E-state index in [2.05, 4.69) is 0 Å². The number of hydrogen-bond donors (Lipinski definition) is 1. The minimum atomic E-state index is -0.548. The van der Waals surface area contributed by atoms with Crippen molar-refractivity contribution in [3.8, 4) is 5.75 Å². The molecule has 1 rings (SSSR count). The molecule has 0 saturated heterocycles. The summed E-state index contributed by atoms with van der Waals surface area (Å²) < 4.78 is 5.29. The molecule has 0 unspecified atom stereocenters. The molecule has 0 amide bonds. The number of nitro groups is 1. The molecular weight excluding hydrogens is 232 g/mol. The third-order valence-corrected chi connectivity index (χ3v) is 1.95. The van der Waals surface area contributed by atoms with E-state index in [0.29, 0.717) is 5.02 Å². The smallest absolute Gasteiger partial charge is 0.312 e. The zero-order valence-corrected chi connectivity index (χ0v) is 9.82. The maximum Gasteiger partial charge on any atom is 0.312 e. The number of rotatable bonds is 4. The summed E-state index contributed by atoms with van der Waals surface area (Å²) in [6, 6.07) is 4.25. The van der Waals surface area contributed by atoms with Crippen LogP contribution in [0.1, 0.15) is 13.8 Å². The summed E-state index contributed by atoms with van der Waals surface area (Å²) in [7, 11) is 0. The largest absolute Gasteiger partial charge is 0.485 e. The molecule has 0 heterocycles. The summed E-state index contributed by atoms with van der Waals surface area (Å²) in [5, 5.41) is 11.0. The summed E-state index contributed by atoms with van der Waals surface area (Å²) in [5.74, 6) is 0.174. The maximum absolute atomic E-state index is 10.7. The molecule has 0 fully saturated rings. The second-order valence-corrected chi connectivity index (χ2v) is 4.58. The van der Waals surface area contributed by atoms with Crippen LogP contribution in [0.15, 0.2) is 18.2 Å². The highest BCUT2D eigenvalue weighted by molar-refractivity contribution is 6.30. The van der Waals surface area contributed by atoms with Crippen molar-refractivity contribution in [3.05, 3.63) is 33.3 Å². The number of ether oxygens (including phenoxy) is 1. The normalized spacial score (nSPS) is 11.2. The van der Waals surface area contributed by atoms with Gasteiger partial charge in [0.05, 0.1) is 4.92 Å². The topological polar surface area (TPSA) is 78.4 Å². The second kappa shape index (κ2) is 4.67. The zero-order valence-electron chi connectivity index (χ0n) is 9.07. The van der Waals surface area contributed by atoms with Crippen LogP contribution in [0.3, 0.4) is 0 Å². The van der Waals surface area contributed by atoms with Crippen LogP contribution in [0, 0.1) is 10.1 Å². The SMILES string of the molecule is CC(C)(N)COc1ccc(Cl)cc1[N+](=O)[O-]. The average molecular weight is 245 g/mol. The van der Waals surface area contributed by atoms with Gasteiger partial charge in [-0.1, -0.05) is 11.6 Å². The van der Waals surface area contributed by atoms with Gasteiger partial charge in [0, 0.05) is 16.6 Å². The maximum atomic E-state index is 10.7. The van der Waals surface area contributed by atoms with Crippen molar-refractivity contribution >= 4 is 17.3 Å². The summed E-state index contributed by atoms with van der Waals surface area (Å²) >= 11 is 5.67. The standard InChI is InChI=1S/C10H13ClN2O3/c1-10(2,12)6-16-9-4-3-7(11)5-8(9)13(14)15/h3-5H,6,12H2,1-2H3. The first kappa shape index (κ1) is 12.7. The number of nitrogens with zero attached hydrogens (tertiary/aromatic N) is 1. The van der Waals surface area contributed by atoms with Crippen LogP contribution in [0.5, 0.6) is 5.75 Å². The van der Waals surface area contributed by atoms with E-state index < -0.39 is 10.5 Å². The van der Waals surface area contributed by atoms with Crippen molar-refractivity contribution in [1.29, 1.82) is 0 Å². The van der Waals surface area contributed by atoms with Gasteiger partial charge in [-0.3, -0.25) is 10.1 Å². The Morgan fingerprint density at radius 1 is 1.56 bits per heavy atom. The lowest BCUT2D eigenvalue weighted by atomic mass is 10.1. The average Bonchev–Trinajstić information content (AvgIpc) is 2.14. The molecule has 0 aliphatic heterocycles. The molecule has 88 valence electrons. The quantitative estimate of drug-likeness (QED) is 0.651. The minimum absolute atomic E-state index is 0.156. The Kier molecular flexibility index (Phi) is 3.72. The summed E-state index contributed by atoms with van der Waals surface area (Å²) in [5.41, 5.74) is 5.01. The first-order chi connectivity index (χ1) is 7.29. The van der Waals surface area contributed by atoms with Gasteiger partial charge in [-0.05, 0) is 26.0 Å². The van der Waals surface area contributed by atoms with Gasteiger partial charge in [0.1, 0.15) is 6.61 Å². The molecule has 0 spiro atoms. The molecule has 1 aromatic rings. The van der Waals surface area contributed by atoms with Crippen LogP contribution < -0.4 is 10.5 Å². The number of benzene rings is 1. The molecule has 0 radical (unpaired) electrons. The van der Waals surface area contributed by atoms with Crippen molar-refractivity contribution in [2.75, 3.05) is 6.61 Å². The van der Waals surface area contributed by atoms with Gasteiger partial charge in [-0.15, -0.1) is 0 Å². The van der Waals surface area contributed by atoms with Gasteiger partial charge in [-0.25, -0.2) is 0 Å². The first-order valence-corrected chi connectivity index (χ1v) is 5.03. The molecule has 2 N–H and O–H groups in total. The first-order valence-electron chi connectivity index (χ1n) is 4.65. The van der Waals surface area contributed by atoms with E-state index in [0.717, 1.165) is 0 Å². The van der Waals surface area contributed by atoms with Crippen molar-refractivity contribution in [3.63, 3.8) is 0 Å². The monoisotopic (exact) mass is 244 g/mol. The van der Waals surface area contributed by atoms with E-state index in [1.165, 1.54) is 18.2 Å². The van der Waals surface area contributed by atoms with Crippen molar-refractivity contribution in [1.82, 2.24) is 0 Å². The Morgan fingerprint density at radius 3 is 2.69 bits per heavy atom. The van der Waals surface area contributed by atoms with Crippen LogP contribution in [0.2, 0.25) is 5.02 Å². The lowest BCUT2D eigenvalue weighted by Crippen LogP contribution is -2.38. The molecule has 0 aliphatic rings. The fraction of sp³-hybridized carbons (Fsp3) is 0.400. The lowest BCUT2D eigenvalue weighted by Gasteiger charge is -2.18. The predicted octanol–water partition coefficient (Wildman–Crippen LogP) is 2.36. The van der Waals surface area contributed by atoms with Crippen molar-refractivity contribution in [2.45, 2.75) is 19.4 Å². The molecule has 0 saturated carbocycles. The van der Waals surface area contributed by atoms with Gasteiger partial charge in [0.25, 0.3) is 0 Å². The van der Waals surface area contributed by atoms with Gasteiger partial charge < -0.3 is 10.5 Å². The summed E-state index contributed by atoms with van der Waals surface area (Å²) in [6.07, 6.45) is 0. The highest BCUT2D eigenvalue weighted by Crippen LogP contribution is 2.30. The van der Waals surface area contributed by atoms with Crippen LogP contribution >= 0.6 is 11.6 Å². The van der Waals surface area contributed by atoms with Crippen molar-refractivity contribution in [2.24, 2.45) is 5.73 Å². The number of hydrogen-bond acceptors (Lipinski definition) is 4. The minimum Gasteiger partial charge on any atom is -0.485 e. The van der Waals surface area contributed by atoms with E-state index in [1.807, 2.05) is 0 Å². The number of nitrogens with two attached hydrogens (primary N) is 1. The van der Waals surface area contributed by atoms with E-state index in [1.54, 1.807) is 13.8 Å². The molecule has 6 heteroatoms. The fourth-order valence-corrected chi connectivity index (χ4v) is 1.19. The Balaban J connectivity index is 2.91. The highest BCUT2D eigenvalue weighted by atomic mass is 35.5. The predicted molar refractivity (Wildman–Crippen MR) is 61.9 cm³/mol. The van der Waals surface area contributed by atoms with E-state index in [9.17, 15) is 10.1 Å². The fourth-order valence-electron chi connectivity index (χ4n) is 1.02. The van der Waals surface area contributed by atoms with E-state index in [4.69, 9.17) is 22.1 Å². The molecule has 0 atom stereocenters.